The lowest BCUT2D eigenvalue weighted by atomic mass is 10.0. The summed E-state index contributed by atoms with van der Waals surface area (Å²) >= 11 is 0. The molecule has 0 unspecified atom stereocenters. The minimum absolute atomic E-state index is 0.335. The topological polar surface area (TPSA) is 54.5 Å². The Labute approximate surface area is 126 Å². The molecule has 0 aliphatic carbocycles. The third-order valence-corrected chi connectivity index (χ3v) is 3.95. The Bertz CT molecular complexity index is 441. The van der Waals surface area contributed by atoms with Crippen molar-refractivity contribution < 1.29 is 9.53 Å². The quantitative estimate of drug-likeness (QED) is 0.810. The van der Waals surface area contributed by atoms with Gasteiger partial charge in [-0.25, -0.2) is 4.79 Å². The third kappa shape index (κ3) is 4.51. The highest BCUT2D eigenvalue weighted by Gasteiger charge is 2.20. The van der Waals surface area contributed by atoms with E-state index in [9.17, 15) is 4.79 Å². The molecule has 1 aliphatic heterocycles. The van der Waals surface area contributed by atoms with Crippen LogP contribution in [0, 0.1) is 0 Å². The van der Waals surface area contributed by atoms with Crippen LogP contribution in [0.2, 0.25) is 0 Å². The molecule has 2 heterocycles. The van der Waals surface area contributed by atoms with Crippen LogP contribution >= 0.6 is 0 Å². The molecule has 0 amide bonds. The molecule has 1 aliphatic rings. The minimum atomic E-state index is -0.335. The Hall–Kier alpha value is -1.46. The first-order chi connectivity index (χ1) is 10.2. The smallest absolute Gasteiger partial charge is 0.339 e. The molecule has 1 aromatic heterocycles. The molecular formula is C16H25N3O2. The summed E-state index contributed by atoms with van der Waals surface area (Å²) in [4.78, 5) is 18.3. The molecule has 1 N–H and O–H groups in total. The standard InChI is InChI=1S/C16H25N3O2/c1-3-10-19(15-6-8-17-9-7-15)12-14-5-4-13(11-18-14)16(20)21-2/h4-5,11,15,17H,3,6-10,12H2,1-2H3. The number of methoxy groups -OCH3 is 1. The fourth-order valence-electron chi connectivity index (χ4n) is 2.81. The zero-order valence-corrected chi connectivity index (χ0v) is 13.0. The summed E-state index contributed by atoms with van der Waals surface area (Å²) in [5.74, 6) is -0.335. The third-order valence-electron chi connectivity index (χ3n) is 3.95. The maximum absolute atomic E-state index is 11.4. The van der Waals surface area contributed by atoms with Crippen LogP contribution in [0.4, 0.5) is 0 Å². The van der Waals surface area contributed by atoms with Gasteiger partial charge in [-0.15, -0.1) is 0 Å². The first-order valence-corrected chi connectivity index (χ1v) is 7.72. The van der Waals surface area contributed by atoms with Gasteiger partial charge in [-0.05, 0) is 51.0 Å². The first-order valence-electron chi connectivity index (χ1n) is 7.72. The van der Waals surface area contributed by atoms with Gasteiger partial charge < -0.3 is 10.1 Å². The summed E-state index contributed by atoms with van der Waals surface area (Å²) in [6.07, 6.45) is 5.14. The molecule has 2 rings (SSSR count). The van der Waals surface area contributed by atoms with Gasteiger partial charge >= 0.3 is 5.97 Å². The summed E-state index contributed by atoms with van der Waals surface area (Å²) in [5.41, 5.74) is 1.51. The van der Waals surface area contributed by atoms with E-state index in [1.807, 2.05) is 6.07 Å². The molecule has 0 radical (unpaired) electrons. The van der Waals surface area contributed by atoms with Crippen molar-refractivity contribution in [1.82, 2.24) is 15.2 Å². The van der Waals surface area contributed by atoms with Gasteiger partial charge in [0.15, 0.2) is 0 Å². The Kier molecular flexibility index (Phi) is 6.14. The average molecular weight is 291 g/mol. The molecule has 1 saturated heterocycles. The normalized spacial score (nSPS) is 16.1. The highest BCUT2D eigenvalue weighted by atomic mass is 16.5. The number of nitrogens with one attached hydrogen (secondary N) is 1. The maximum atomic E-state index is 11.4. The summed E-state index contributed by atoms with van der Waals surface area (Å²) in [6, 6.07) is 4.35. The van der Waals surface area contributed by atoms with Gasteiger partial charge in [0, 0.05) is 18.8 Å². The number of esters is 1. The Morgan fingerprint density at radius 3 is 2.76 bits per heavy atom. The number of carbonyl (C=O) groups is 1. The van der Waals surface area contributed by atoms with Crippen molar-refractivity contribution in [1.29, 1.82) is 0 Å². The van der Waals surface area contributed by atoms with Crippen LogP contribution in [-0.4, -0.2) is 48.6 Å². The van der Waals surface area contributed by atoms with E-state index in [4.69, 9.17) is 4.74 Å². The predicted octanol–water partition coefficient (Wildman–Crippen LogP) is 1.83. The summed E-state index contributed by atoms with van der Waals surface area (Å²) in [5, 5.41) is 3.41. The predicted molar refractivity (Wildman–Crippen MR) is 82.2 cm³/mol. The monoisotopic (exact) mass is 291 g/mol. The highest BCUT2D eigenvalue weighted by molar-refractivity contribution is 5.88. The SMILES string of the molecule is CCCN(Cc1ccc(C(=O)OC)cn1)C1CCNCC1. The van der Waals surface area contributed by atoms with Crippen molar-refractivity contribution in [2.45, 2.75) is 38.8 Å². The van der Waals surface area contributed by atoms with Crippen LogP contribution in [0.3, 0.4) is 0 Å². The summed E-state index contributed by atoms with van der Waals surface area (Å²) in [6.45, 7) is 6.34. The molecule has 0 saturated carbocycles. The van der Waals surface area contributed by atoms with E-state index in [-0.39, 0.29) is 5.97 Å². The summed E-state index contributed by atoms with van der Waals surface area (Å²) in [7, 11) is 1.39. The molecule has 1 aromatic rings. The van der Waals surface area contributed by atoms with Crippen LogP contribution < -0.4 is 5.32 Å². The highest BCUT2D eigenvalue weighted by Crippen LogP contribution is 2.15. The lowest BCUT2D eigenvalue weighted by Crippen LogP contribution is -2.43. The van der Waals surface area contributed by atoms with Crippen molar-refractivity contribution in [3.05, 3.63) is 29.6 Å². The largest absolute Gasteiger partial charge is 0.465 e. The number of carbonyl (C=O) groups excluding carboxylic acids is 1. The molecule has 5 nitrogen and oxygen atoms in total. The van der Waals surface area contributed by atoms with Gasteiger partial charge in [0.25, 0.3) is 0 Å². The van der Waals surface area contributed by atoms with Crippen molar-refractivity contribution in [3.63, 3.8) is 0 Å². The number of nitrogens with zero attached hydrogens (tertiary/aromatic N) is 2. The van der Waals surface area contributed by atoms with Crippen molar-refractivity contribution in [2.75, 3.05) is 26.7 Å². The number of ether oxygens (including phenoxy) is 1. The second-order valence-electron chi connectivity index (χ2n) is 5.48. The molecule has 116 valence electrons. The van der Waals surface area contributed by atoms with E-state index in [1.54, 1.807) is 12.3 Å². The Balaban J connectivity index is 2.00. The van der Waals surface area contributed by atoms with Gasteiger partial charge in [-0.2, -0.15) is 0 Å². The average Bonchev–Trinajstić information content (AvgIpc) is 2.55. The van der Waals surface area contributed by atoms with E-state index >= 15 is 0 Å². The van der Waals surface area contributed by atoms with Crippen LogP contribution in [0.15, 0.2) is 18.3 Å². The number of aromatic nitrogens is 1. The minimum Gasteiger partial charge on any atom is -0.465 e. The molecule has 0 aromatic carbocycles. The number of hydrogen-bond acceptors (Lipinski definition) is 5. The molecule has 1 fully saturated rings. The molecular weight excluding hydrogens is 266 g/mol. The van der Waals surface area contributed by atoms with Gasteiger partial charge in [-0.3, -0.25) is 9.88 Å². The van der Waals surface area contributed by atoms with E-state index in [1.165, 1.54) is 20.0 Å². The number of rotatable bonds is 6. The first kappa shape index (κ1) is 15.9. The fourth-order valence-corrected chi connectivity index (χ4v) is 2.81. The van der Waals surface area contributed by atoms with Crippen LogP contribution in [0.1, 0.15) is 42.2 Å². The Morgan fingerprint density at radius 1 is 1.43 bits per heavy atom. The fraction of sp³-hybridized carbons (Fsp3) is 0.625. The molecule has 5 heteroatoms. The van der Waals surface area contributed by atoms with Gasteiger partial charge in [0.2, 0.25) is 0 Å². The zero-order chi connectivity index (χ0) is 15.1. The number of piperidine rings is 1. The summed E-state index contributed by atoms with van der Waals surface area (Å²) < 4.78 is 4.69. The lowest BCUT2D eigenvalue weighted by Gasteiger charge is -2.34. The Morgan fingerprint density at radius 2 is 2.19 bits per heavy atom. The van der Waals surface area contributed by atoms with E-state index in [0.29, 0.717) is 11.6 Å². The number of hydrogen-bond donors (Lipinski definition) is 1. The second kappa shape index (κ2) is 8.10. The van der Waals surface area contributed by atoms with Crippen LogP contribution in [0.5, 0.6) is 0 Å². The van der Waals surface area contributed by atoms with Gasteiger partial charge in [-0.1, -0.05) is 6.92 Å². The van der Waals surface area contributed by atoms with Crippen molar-refractivity contribution in [2.24, 2.45) is 0 Å². The molecule has 0 spiro atoms. The maximum Gasteiger partial charge on any atom is 0.339 e. The van der Waals surface area contributed by atoms with Crippen molar-refractivity contribution >= 4 is 5.97 Å². The van der Waals surface area contributed by atoms with Crippen LogP contribution in [0.25, 0.3) is 0 Å². The van der Waals surface area contributed by atoms with Crippen molar-refractivity contribution in [3.8, 4) is 0 Å². The number of pyridine rings is 1. The van der Waals surface area contributed by atoms with Gasteiger partial charge in [0.05, 0.1) is 18.4 Å². The van der Waals surface area contributed by atoms with Crippen LogP contribution in [-0.2, 0) is 11.3 Å². The molecule has 0 atom stereocenters. The second-order valence-corrected chi connectivity index (χ2v) is 5.48. The molecule has 21 heavy (non-hydrogen) atoms. The van der Waals surface area contributed by atoms with E-state index < -0.39 is 0 Å². The molecule has 0 bridgehead atoms. The van der Waals surface area contributed by atoms with Gasteiger partial charge in [0.1, 0.15) is 0 Å². The van der Waals surface area contributed by atoms with E-state index in [0.717, 1.165) is 38.3 Å². The lowest BCUT2D eigenvalue weighted by molar-refractivity contribution is 0.0600. The zero-order valence-electron chi connectivity index (χ0n) is 13.0. The van der Waals surface area contributed by atoms with E-state index in [2.05, 4.69) is 22.1 Å².